The van der Waals surface area contributed by atoms with Crippen molar-refractivity contribution in [3.05, 3.63) is 60.0 Å². The molecular formula is C24H27N7O. The highest BCUT2D eigenvalue weighted by molar-refractivity contribution is 6.04. The van der Waals surface area contributed by atoms with Crippen LogP contribution in [0.4, 0.5) is 11.6 Å². The number of aromatic nitrogens is 5. The van der Waals surface area contributed by atoms with E-state index < -0.39 is 0 Å². The zero-order chi connectivity index (χ0) is 22.7. The molecule has 3 aromatic heterocycles. The Morgan fingerprint density at radius 2 is 1.91 bits per heavy atom. The number of nitrogens with zero attached hydrogens (tertiary/aromatic N) is 5. The van der Waals surface area contributed by atoms with Gasteiger partial charge in [-0.2, -0.15) is 5.10 Å². The third-order valence-electron chi connectivity index (χ3n) is 5.55. The van der Waals surface area contributed by atoms with E-state index in [0.29, 0.717) is 28.5 Å². The molecule has 1 aromatic carbocycles. The minimum atomic E-state index is -0.212. The average Bonchev–Trinajstić information content (AvgIpc) is 3.20. The highest BCUT2D eigenvalue weighted by Gasteiger charge is 2.19. The van der Waals surface area contributed by atoms with Gasteiger partial charge in [0, 0.05) is 17.3 Å². The van der Waals surface area contributed by atoms with E-state index in [0.717, 1.165) is 35.8 Å². The maximum Gasteiger partial charge on any atom is 0.256 e. The molecular weight excluding hydrogens is 402 g/mol. The molecule has 8 nitrogen and oxygen atoms in total. The second kappa shape index (κ2) is 9.13. The van der Waals surface area contributed by atoms with E-state index in [1.807, 2.05) is 28.9 Å². The maximum absolute atomic E-state index is 12.7. The molecule has 0 spiro atoms. The van der Waals surface area contributed by atoms with Crippen molar-refractivity contribution in [3.8, 4) is 11.3 Å². The second-order valence-electron chi connectivity index (χ2n) is 7.84. The normalized spacial score (nSPS) is 12.1. The Morgan fingerprint density at radius 3 is 2.62 bits per heavy atom. The van der Waals surface area contributed by atoms with Crippen LogP contribution in [-0.2, 0) is 6.42 Å². The summed E-state index contributed by atoms with van der Waals surface area (Å²) in [6.07, 6.45) is 6.07. The van der Waals surface area contributed by atoms with Crippen molar-refractivity contribution in [2.24, 2.45) is 0 Å². The van der Waals surface area contributed by atoms with E-state index >= 15 is 0 Å². The number of anilines is 2. The van der Waals surface area contributed by atoms with Gasteiger partial charge in [0.05, 0.1) is 11.4 Å². The third-order valence-corrected chi connectivity index (χ3v) is 5.55. The molecule has 3 heterocycles. The van der Waals surface area contributed by atoms with Gasteiger partial charge in [0.15, 0.2) is 5.65 Å². The number of fused-ring (bicyclic) bond motifs is 1. The molecule has 0 saturated carbocycles. The number of hydrogen-bond donors (Lipinski definition) is 2. The minimum absolute atomic E-state index is 0.168. The molecule has 4 rings (SSSR count). The van der Waals surface area contributed by atoms with Gasteiger partial charge in [-0.05, 0) is 49.6 Å². The Bertz CT molecular complexity index is 1250. The highest BCUT2D eigenvalue weighted by atomic mass is 16.1. The predicted octanol–water partition coefficient (Wildman–Crippen LogP) is 4.65. The summed E-state index contributed by atoms with van der Waals surface area (Å²) in [4.78, 5) is 25.5. The van der Waals surface area contributed by atoms with Crippen LogP contribution >= 0.6 is 0 Å². The second-order valence-corrected chi connectivity index (χ2v) is 7.84. The summed E-state index contributed by atoms with van der Waals surface area (Å²) < 4.78 is 1.89. The third kappa shape index (κ3) is 4.16. The lowest BCUT2D eigenvalue weighted by atomic mass is 10.1. The van der Waals surface area contributed by atoms with Gasteiger partial charge in [0.2, 0.25) is 0 Å². The molecule has 0 aliphatic carbocycles. The van der Waals surface area contributed by atoms with E-state index in [4.69, 9.17) is 10.8 Å². The molecule has 4 aromatic rings. The lowest BCUT2D eigenvalue weighted by Crippen LogP contribution is -2.13. The lowest BCUT2D eigenvalue weighted by molar-refractivity contribution is 0.102. The number of amides is 1. The zero-order valence-corrected chi connectivity index (χ0v) is 18.5. The predicted molar refractivity (Wildman–Crippen MR) is 126 cm³/mol. The Morgan fingerprint density at radius 1 is 1.12 bits per heavy atom. The van der Waals surface area contributed by atoms with Gasteiger partial charge in [-0.25, -0.2) is 19.6 Å². The monoisotopic (exact) mass is 429 g/mol. The van der Waals surface area contributed by atoms with Gasteiger partial charge in [-0.1, -0.05) is 32.4 Å². The molecule has 1 atom stereocenters. The fourth-order valence-electron chi connectivity index (χ4n) is 3.63. The Labute approximate surface area is 186 Å². The maximum atomic E-state index is 12.7. The molecule has 0 fully saturated rings. The summed E-state index contributed by atoms with van der Waals surface area (Å²) >= 11 is 0. The quantitative estimate of drug-likeness (QED) is 0.442. The van der Waals surface area contributed by atoms with Crippen LogP contribution in [0.3, 0.4) is 0 Å². The molecule has 0 unspecified atom stereocenters. The fourth-order valence-corrected chi connectivity index (χ4v) is 3.63. The smallest absolute Gasteiger partial charge is 0.256 e. The standard InChI is InChI=1S/C24H27N7O/c1-4-6-16-11-12-26-19(13-16)29-24(32)18-9-7-17(8-10-18)21-20-22(25)27-14-28-23(20)31(30-21)15(3)5-2/h7-15H,4-6H2,1-3H3,(H2,25,27,28)(H,26,29,32)/t15-/m1/s1. The van der Waals surface area contributed by atoms with Gasteiger partial charge in [0.25, 0.3) is 5.91 Å². The summed E-state index contributed by atoms with van der Waals surface area (Å²) in [5, 5.41) is 8.38. The Hall–Kier alpha value is -3.81. The van der Waals surface area contributed by atoms with Crippen molar-refractivity contribution in [2.45, 2.75) is 46.1 Å². The van der Waals surface area contributed by atoms with Crippen LogP contribution in [0.2, 0.25) is 0 Å². The number of carbonyl (C=O) groups excluding carboxylic acids is 1. The van der Waals surface area contributed by atoms with E-state index in [1.165, 1.54) is 6.33 Å². The van der Waals surface area contributed by atoms with Crippen LogP contribution in [0.1, 0.15) is 55.6 Å². The van der Waals surface area contributed by atoms with Crippen molar-refractivity contribution >= 4 is 28.6 Å². The van der Waals surface area contributed by atoms with Gasteiger partial charge in [-0.15, -0.1) is 0 Å². The number of nitrogens with two attached hydrogens (primary N) is 1. The van der Waals surface area contributed by atoms with Crippen molar-refractivity contribution in [2.75, 3.05) is 11.1 Å². The first-order valence-corrected chi connectivity index (χ1v) is 10.9. The molecule has 0 aliphatic rings. The van der Waals surface area contributed by atoms with Crippen molar-refractivity contribution < 1.29 is 4.79 Å². The lowest BCUT2D eigenvalue weighted by Gasteiger charge is -2.09. The first-order chi connectivity index (χ1) is 15.5. The van der Waals surface area contributed by atoms with Crippen LogP contribution < -0.4 is 11.1 Å². The first-order valence-electron chi connectivity index (χ1n) is 10.9. The van der Waals surface area contributed by atoms with Crippen molar-refractivity contribution in [3.63, 3.8) is 0 Å². The Balaban J connectivity index is 1.62. The molecule has 0 saturated heterocycles. The number of benzene rings is 1. The zero-order valence-electron chi connectivity index (χ0n) is 18.5. The van der Waals surface area contributed by atoms with Crippen LogP contribution in [0, 0.1) is 0 Å². The van der Waals surface area contributed by atoms with Crippen molar-refractivity contribution in [1.82, 2.24) is 24.7 Å². The SMILES string of the molecule is CCCc1ccnc(NC(=O)c2ccc(-c3nn([C@H](C)CC)c4ncnc(N)c34)cc2)c1. The van der Waals surface area contributed by atoms with E-state index in [9.17, 15) is 4.79 Å². The average molecular weight is 430 g/mol. The van der Waals surface area contributed by atoms with Crippen LogP contribution in [0.5, 0.6) is 0 Å². The number of nitrogen functional groups attached to an aromatic ring is 1. The van der Waals surface area contributed by atoms with Gasteiger partial charge in [-0.3, -0.25) is 4.79 Å². The van der Waals surface area contributed by atoms with E-state index in [2.05, 4.69) is 41.0 Å². The Kier molecular flexibility index (Phi) is 6.11. The molecule has 1 amide bonds. The fraction of sp³-hybridized carbons (Fsp3) is 0.292. The number of nitrogens with one attached hydrogen (secondary N) is 1. The van der Waals surface area contributed by atoms with Gasteiger partial charge >= 0.3 is 0 Å². The molecule has 32 heavy (non-hydrogen) atoms. The number of hydrogen-bond acceptors (Lipinski definition) is 6. The van der Waals surface area contributed by atoms with Crippen LogP contribution in [-0.4, -0.2) is 30.6 Å². The summed E-state index contributed by atoms with van der Waals surface area (Å²) in [5.41, 5.74) is 10.1. The summed E-state index contributed by atoms with van der Waals surface area (Å²) in [5.74, 6) is 0.725. The first kappa shape index (κ1) is 21.4. The molecule has 0 aliphatic heterocycles. The summed E-state index contributed by atoms with van der Waals surface area (Å²) in [7, 11) is 0. The van der Waals surface area contributed by atoms with E-state index in [-0.39, 0.29) is 11.9 Å². The minimum Gasteiger partial charge on any atom is -0.383 e. The molecule has 0 radical (unpaired) electrons. The number of aryl methyl sites for hydroxylation is 1. The van der Waals surface area contributed by atoms with Crippen LogP contribution in [0.15, 0.2) is 48.9 Å². The van der Waals surface area contributed by atoms with Crippen molar-refractivity contribution in [1.29, 1.82) is 0 Å². The van der Waals surface area contributed by atoms with Gasteiger partial charge in [0.1, 0.15) is 23.7 Å². The van der Waals surface area contributed by atoms with Gasteiger partial charge < -0.3 is 11.1 Å². The molecule has 8 heteroatoms. The summed E-state index contributed by atoms with van der Waals surface area (Å²) in [6.45, 7) is 6.31. The van der Waals surface area contributed by atoms with E-state index in [1.54, 1.807) is 18.3 Å². The largest absolute Gasteiger partial charge is 0.383 e. The molecule has 0 bridgehead atoms. The highest BCUT2D eigenvalue weighted by Crippen LogP contribution is 2.32. The molecule has 3 N–H and O–H groups in total. The summed E-state index contributed by atoms with van der Waals surface area (Å²) in [6, 6.07) is 11.3. The number of carbonyl (C=O) groups is 1. The molecule has 164 valence electrons. The van der Waals surface area contributed by atoms with Crippen LogP contribution in [0.25, 0.3) is 22.3 Å². The number of pyridine rings is 1. The topological polar surface area (TPSA) is 112 Å². The number of rotatable bonds is 7.